The van der Waals surface area contributed by atoms with Crippen LogP contribution in [0.3, 0.4) is 0 Å². The molecule has 2 amide bonds. The van der Waals surface area contributed by atoms with Gasteiger partial charge in [0.05, 0.1) is 17.7 Å². The summed E-state index contributed by atoms with van der Waals surface area (Å²) in [6.07, 6.45) is 1.08. The van der Waals surface area contributed by atoms with Gasteiger partial charge in [-0.2, -0.15) is 0 Å². The van der Waals surface area contributed by atoms with E-state index in [0.717, 1.165) is 16.3 Å². The molecule has 2 atom stereocenters. The van der Waals surface area contributed by atoms with Crippen molar-refractivity contribution in [2.24, 2.45) is 0 Å². The Morgan fingerprint density at radius 2 is 1.65 bits per heavy atom. The molecule has 0 saturated heterocycles. The summed E-state index contributed by atoms with van der Waals surface area (Å²) < 4.78 is 34.8. The van der Waals surface area contributed by atoms with Crippen molar-refractivity contribution in [3.63, 3.8) is 0 Å². The fourth-order valence-electron chi connectivity index (χ4n) is 4.21. The van der Waals surface area contributed by atoms with E-state index in [9.17, 15) is 18.0 Å². The Morgan fingerprint density at radius 3 is 2.27 bits per heavy atom. The van der Waals surface area contributed by atoms with Crippen LogP contribution in [0, 0.1) is 0 Å². The van der Waals surface area contributed by atoms with Gasteiger partial charge in [0.2, 0.25) is 11.8 Å². The second-order valence-electron chi connectivity index (χ2n) is 9.42. The van der Waals surface area contributed by atoms with Gasteiger partial charge in [-0.05, 0) is 67.8 Å². The first kappa shape index (κ1) is 31.2. The molecule has 0 saturated carbocycles. The normalized spacial score (nSPS) is 12.7. The van der Waals surface area contributed by atoms with E-state index >= 15 is 0 Å². The van der Waals surface area contributed by atoms with Gasteiger partial charge in [-0.15, -0.1) is 0 Å². The topological polar surface area (TPSA) is 96.0 Å². The van der Waals surface area contributed by atoms with E-state index in [1.807, 2.05) is 32.9 Å². The highest BCUT2D eigenvalue weighted by molar-refractivity contribution is 9.10. The molecule has 3 aromatic carbocycles. The van der Waals surface area contributed by atoms with Gasteiger partial charge < -0.3 is 15.0 Å². The van der Waals surface area contributed by atoms with Crippen molar-refractivity contribution in [3.05, 3.63) is 88.9 Å². The molecule has 3 aromatic rings. The van der Waals surface area contributed by atoms with Gasteiger partial charge in [0, 0.05) is 17.1 Å². The highest BCUT2D eigenvalue weighted by Gasteiger charge is 2.34. The van der Waals surface area contributed by atoms with Crippen molar-refractivity contribution in [2.75, 3.05) is 18.0 Å². The Hall–Kier alpha value is -3.37. The molecule has 0 aliphatic carbocycles. The van der Waals surface area contributed by atoms with Crippen LogP contribution in [0.1, 0.15) is 39.2 Å². The Labute approximate surface area is 245 Å². The van der Waals surface area contributed by atoms with Crippen LogP contribution in [-0.4, -0.2) is 50.9 Å². The third-order valence-corrected chi connectivity index (χ3v) is 8.86. The maximum Gasteiger partial charge on any atom is 0.264 e. The van der Waals surface area contributed by atoms with E-state index in [1.165, 1.54) is 17.0 Å². The van der Waals surface area contributed by atoms with Crippen LogP contribution in [0.5, 0.6) is 5.75 Å². The van der Waals surface area contributed by atoms with Crippen molar-refractivity contribution in [1.82, 2.24) is 10.2 Å². The standard InChI is InChI=1S/C30H36BrN3O5S/c1-5-22(3)32-30(36)28(6-2)33(20-23-12-10-15-26(18-23)39-4)29(35)21-34(25-14-11-13-24(31)19-25)40(37,38)27-16-8-7-9-17-27/h7-19,22,28H,5-6,20-21H2,1-4H3,(H,32,36)/t22-,28-/m0/s1. The molecule has 40 heavy (non-hydrogen) atoms. The molecule has 0 aliphatic heterocycles. The molecule has 1 N–H and O–H groups in total. The molecule has 0 radical (unpaired) electrons. The average Bonchev–Trinajstić information content (AvgIpc) is 2.96. The fourth-order valence-corrected chi connectivity index (χ4v) is 6.02. The van der Waals surface area contributed by atoms with Gasteiger partial charge in [-0.25, -0.2) is 8.42 Å². The third-order valence-electron chi connectivity index (χ3n) is 6.58. The highest BCUT2D eigenvalue weighted by atomic mass is 79.9. The molecule has 0 unspecified atom stereocenters. The molecule has 214 valence electrons. The number of rotatable bonds is 13. The Kier molecular flexibility index (Phi) is 11.2. The number of hydrogen-bond acceptors (Lipinski definition) is 5. The number of ether oxygens (including phenoxy) is 1. The van der Waals surface area contributed by atoms with Crippen LogP contribution >= 0.6 is 15.9 Å². The van der Waals surface area contributed by atoms with E-state index in [2.05, 4.69) is 21.2 Å². The lowest BCUT2D eigenvalue weighted by molar-refractivity contribution is -0.140. The number of benzene rings is 3. The number of hydrogen-bond donors (Lipinski definition) is 1. The number of anilines is 1. The van der Waals surface area contributed by atoms with Gasteiger partial charge in [-0.1, -0.05) is 66.2 Å². The number of nitrogens with one attached hydrogen (secondary N) is 1. The predicted molar refractivity (Wildman–Crippen MR) is 161 cm³/mol. The molecule has 3 rings (SSSR count). The first-order chi connectivity index (χ1) is 19.1. The zero-order chi connectivity index (χ0) is 29.3. The number of nitrogens with zero attached hydrogens (tertiary/aromatic N) is 2. The number of sulfonamides is 1. The van der Waals surface area contributed by atoms with Crippen LogP contribution in [0.2, 0.25) is 0 Å². The number of methoxy groups -OCH3 is 1. The average molecular weight is 631 g/mol. The minimum Gasteiger partial charge on any atom is -0.497 e. The predicted octanol–water partition coefficient (Wildman–Crippen LogP) is 5.38. The lowest BCUT2D eigenvalue weighted by atomic mass is 10.1. The van der Waals surface area contributed by atoms with Crippen molar-refractivity contribution < 1.29 is 22.7 Å². The first-order valence-corrected chi connectivity index (χ1v) is 15.4. The molecule has 0 heterocycles. The summed E-state index contributed by atoms with van der Waals surface area (Å²) in [5.41, 5.74) is 1.08. The lowest BCUT2D eigenvalue weighted by Crippen LogP contribution is -2.53. The minimum absolute atomic E-state index is 0.0590. The van der Waals surface area contributed by atoms with Gasteiger partial charge in [0.1, 0.15) is 18.3 Å². The van der Waals surface area contributed by atoms with Crippen molar-refractivity contribution in [3.8, 4) is 5.75 Å². The van der Waals surface area contributed by atoms with Crippen LogP contribution in [0.4, 0.5) is 5.69 Å². The SMILES string of the molecule is CC[C@H](C)NC(=O)[C@H](CC)N(Cc1cccc(OC)c1)C(=O)CN(c1cccc(Br)c1)S(=O)(=O)c1ccccc1. The molecular weight excluding hydrogens is 594 g/mol. The number of carbonyl (C=O) groups excluding carboxylic acids is 2. The van der Waals surface area contributed by atoms with Gasteiger partial charge in [0.25, 0.3) is 10.0 Å². The Balaban J connectivity index is 2.06. The summed E-state index contributed by atoms with van der Waals surface area (Å²) in [5.74, 6) is -0.175. The zero-order valence-corrected chi connectivity index (χ0v) is 25.6. The van der Waals surface area contributed by atoms with E-state index < -0.39 is 28.5 Å². The summed E-state index contributed by atoms with van der Waals surface area (Å²) in [6.45, 7) is 5.31. The molecule has 10 heteroatoms. The third kappa shape index (κ3) is 7.85. The fraction of sp³-hybridized carbons (Fsp3) is 0.333. The Bertz CT molecular complexity index is 1400. The van der Waals surface area contributed by atoms with Crippen LogP contribution < -0.4 is 14.4 Å². The number of amides is 2. The molecule has 0 bridgehead atoms. The monoisotopic (exact) mass is 629 g/mol. The largest absolute Gasteiger partial charge is 0.497 e. The van der Waals surface area contributed by atoms with Crippen LogP contribution in [-0.2, 0) is 26.2 Å². The molecule has 0 fully saturated rings. The van der Waals surface area contributed by atoms with Crippen molar-refractivity contribution in [1.29, 1.82) is 0 Å². The summed E-state index contributed by atoms with van der Waals surface area (Å²) in [7, 11) is -2.56. The zero-order valence-electron chi connectivity index (χ0n) is 23.2. The van der Waals surface area contributed by atoms with E-state index in [4.69, 9.17) is 4.74 Å². The Morgan fingerprint density at radius 1 is 0.950 bits per heavy atom. The second kappa shape index (κ2) is 14.3. The molecule has 0 aromatic heterocycles. The van der Waals surface area contributed by atoms with E-state index in [-0.39, 0.29) is 23.4 Å². The summed E-state index contributed by atoms with van der Waals surface area (Å²) >= 11 is 3.41. The van der Waals surface area contributed by atoms with Gasteiger partial charge >= 0.3 is 0 Å². The maximum atomic E-state index is 14.1. The minimum atomic E-state index is -4.11. The van der Waals surface area contributed by atoms with Crippen molar-refractivity contribution >= 4 is 43.5 Å². The van der Waals surface area contributed by atoms with Crippen molar-refractivity contribution in [2.45, 2.75) is 57.1 Å². The van der Waals surface area contributed by atoms with Gasteiger partial charge in [0.15, 0.2) is 0 Å². The van der Waals surface area contributed by atoms with Gasteiger partial charge in [-0.3, -0.25) is 13.9 Å². The molecule has 0 aliphatic rings. The van der Waals surface area contributed by atoms with Crippen LogP contribution in [0.25, 0.3) is 0 Å². The maximum absolute atomic E-state index is 14.1. The number of halogens is 1. The summed E-state index contributed by atoms with van der Waals surface area (Å²) in [5, 5.41) is 2.98. The lowest BCUT2D eigenvalue weighted by Gasteiger charge is -2.33. The second-order valence-corrected chi connectivity index (χ2v) is 12.2. The van der Waals surface area contributed by atoms with E-state index in [0.29, 0.717) is 22.3 Å². The smallest absolute Gasteiger partial charge is 0.264 e. The molecular formula is C30H36BrN3O5S. The first-order valence-electron chi connectivity index (χ1n) is 13.2. The molecule has 0 spiro atoms. The molecule has 8 nitrogen and oxygen atoms in total. The van der Waals surface area contributed by atoms with E-state index in [1.54, 1.807) is 61.7 Å². The summed E-state index contributed by atoms with van der Waals surface area (Å²) in [4.78, 5) is 29.0. The summed E-state index contributed by atoms with van der Waals surface area (Å²) in [6, 6.07) is 21.1. The van der Waals surface area contributed by atoms with Crippen LogP contribution in [0.15, 0.2) is 88.2 Å². The number of carbonyl (C=O) groups is 2. The quantitative estimate of drug-likeness (QED) is 0.274. The highest BCUT2D eigenvalue weighted by Crippen LogP contribution is 2.27.